The van der Waals surface area contributed by atoms with Crippen LogP contribution in [-0.2, 0) is 28.6 Å². The lowest BCUT2D eigenvalue weighted by Gasteiger charge is -2.18. The van der Waals surface area contributed by atoms with Gasteiger partial charge in [0.1, 0.15) is 13.2 Å². The molecule has 0 heterocycles. The summed E-state index contributed by atoms with van der Waals surface area (Å²) in [7, 11) is 0. The van der Waals surface area contributed by atoms with Crippen molar-refractivity contribution in [2.75, 3.05) is 13.2 Å². The lowest BCUT2D eigenvalue weighted by Crippen LogP contribution is -2.30. The summed E-state index contributed by atoms with van der Waals surface area (Å²) in [5.41, 5.74) is 0. The number of carbonyl (C=O) groups is 3. The van der Waals surface area contributed by atoms with Crippen LogP contribution in [0, 0.1) is 0 Å². The van der Waals surface area contributed by atoms with E-state index in [1.54, 1.807) is 0 Å². The lowest BCUT2D eigenvalue weighted by molar-refractivity contribution is -0.167. The Morgan fingerprint density at radius 1 is 0.344 bits per heavy atom. The molecule has 0 rings (SSSR count). The quantitative estimate of drug-likeness (QED) is 0.0263. The second kappa shape index (κ2) is 49.2. The number of hydrogen-bond acceptors (Lipinski definition) is 6. The van der Waals surface area contributed by atoms with Crippen LogP contribution in [0.25, 0.3) is 0 Å². The normalized spacial score (nSPS) is 12.8. The van der Waals surface area contributed by atoms with Crippen LogP contribution in [-0.4, -0.2) is 37.2 Å². The standard InChI is InChI=1S/C55H92O6/c1-4-7-10-13-16-19-22-25-27-28-29-31-33-36-39-42-45-48-54(57)60-51-52(50-59-53(56)47-44-41-38-35-32-24-21-18-15-12-9-6-3)61-55(58)49-46-43-40-37-34-30-26-23-20-17-14-11-8-5-2/h7,9-10,12,16,18-19,21,25,27,29,31,36,39,52H,4-6,8,11,13-15,17,20,22-24,26,28,30,32-35,37-38,40-51H2,1-3H3/b10-7-,12-9-,19-16-,21-18-,27-25-,31-29-,39-36-. The molecular weight excluding hydrogens is 757 g/mol. The molecule has 6 nitrogen and oxygen atoms in total. The van der Waals surface area contributed by atoms with Gasteiger partial charge in [-0.05, 0) is 83.5 Å². The molecule has 0 spiro atoms. The van der Waals surface area contributed by atoms with Gasteiger partial charge >= 0.3 is 17.9 Å². The predicted molar refractivity (Wildman–Crippen MR) is 261 cm³/mol. The van der Waals surface area contributed by atoms with Crippen molar-refractivity contribution in [3.8, 4) is 0 Å². The van der Waals surface area contributed by atoms with E-state index in [0.29, 0.717) is 19.3 Å². The first-order valence-corrected chi connectivity index (χ1v) is 25.1. The maximum Gasteiger partial charge on any atom is 0.306 e. The molecule has 0 radical (unpaired) electrons. The fourth-order valence-corrected chi connectivity index (χ4v) is 6.69. The zero-order chi connectivity index (χ0) is 44.4. The number of ether oxygens (including phenoxy) is 3. The fourth-order valence-electron chi connectivity index (χ4n) is 6.69. The van der Waals surface area contributed by atoms with Gasteiger partial charge in [0, 0.05) is 19.3 Å². The minimum absolute atomic E-state index is 0.101. The summed E-state index contributed by atoms with van der Waals surface area (Å²) in [6.45, 7) is 6.35. The third-order valence-corrected chi connectivity index (χ3v) is 10.4. The third-order valence-electron chi connectivity index (χ3n) is 10.4. The van der Waals surface area contributed by atoms with Gasteiger partial charge in [0.05, 0.1) is 0 Å². The van der Waals surface area contributed by atoms with Crippen molar-refractivity contribution in [1.29, 1.82) is 0 Å². The van der Waals surface area contributed by atoms with E-state index in [9.17, 15) is 14.4 Å². The SMILES string of the molecule is CC/C=C\C/C=C\C/C=C\C/C=C\C/C=C\CCCC(=O)OCC(COC(=O)CCCCCCC/C=C\C/C=C\CC)OC(=O)CCCCCCCCCCCCCCCC. The summed E-state index contributed by atoms with van der Waals surface area (Å²) in [6.07, 6.45) is 62.9. The molecule has 0 amide bonds. The zero-order valence-corrected chi connectivity index (χ0v) is 39.7. The van der Waals surface area contributed by atoms with Crippen LogP contribution in [0.2, 0.25) is 0 Å². The first-order valence-electron chi connectivity index (χ1n) is 25.1. The highest BCUT2D eigenvalue weighted by atomic mass is 16.6. The van der Waals surface area contributed by atoms with Gasteiger partial charge in [-0.1, -0.05) is 209 Å². The Morgan fingerprint density at radius 3 is 1.07 bits per heavy atom. The van der Waals surface area contributed by atoms with Crippen LogP contribution < -0.4 is 0 Å². The number of rotatable bonds is 44. The van der Waals surface area contributed by atoms with Crippen LogP contribution in [0.3, 0.4) is 0 Å². The minimum Gasteiger partial charge on any atom is -0.462 e. The summed E-state index contributed by atoms with van der Waals surface area (Å²) in [6, 6.07) is 0. The monoisotopic (exact) mass is 849 g/mol. The maximum absolute atomic E-state index is 12.8. The van der Waals surface area contributed by atoms with E-state index in [2.05, 4.69) is 106 Å². The van der Waals surface area contributed by atoms with E-state index in [4.69, 9.17) is 14.2 Å². The average molecular weight is 849 g/mol. The summed E-state index contributed by atoms with van der Waals surface area (Å²) < 4.78 is 16.7. The summed E-state index contributed by atoms with van der Waals surface area (Å²) in [5, 5.41) is 0. The predicted octanol–water partition coefficient (Wildman–Crippen LogP) is 16.4. The van der Waals surface area contributed by atoms with E-state index in [1.807, 2.05) is 0 Å². The molecule has 6 heteroatoms. The van der Waals surface area contributed by atoms with Gasteiger partial charge in [-0.15, -0.1) is 0 Å². The third kappa shape index (κ3) is 47.5. The van der Waals surface area contributed by atoms with Crippen LogP contribution in [0.5, 0.6) is 0 Å². The largest absolute Gasteiger partial charge is 0.462 e. The number of unbranched alkanes of at least 4 members (excludes halogenated alkanes) is 19. The molecule has 0 bridgehead atoms. The fraction of sp³-hybridized carbons (Fsp3) is 0.691. The van der Waals surface area contributed by atoms with Gasteiger partial charge in [-0.3, -0.25) is 14.4 Å². The molecule has 0 aliphatic carbocycles. The van der Waals surface area contributed by atoms with E-state index in [1.165, 1.54) is 70.6 Å². The smallest absolute Gasteiger partial charge is 0.306 e. The van der Waals surface area contributed by atoms with Gasteiger partial charge in [0.2, 0.25) is 0 Å². The van der Waals surface area contributed by atoms with Crippen molar-refractivity contribution in [2.24, 2.45) is 0 Å². The Balaban J connectivity index is 4.48. The molecular formula is C55H92O6. The summed E-state index contributed by atoms with van der Waals surface area (Å²) in [5.74, 6) is -0.975. The summed E-state index contributed by atoms with van der Waals surface area (Å²) in [4.78, 5) is 37.9. The van der Waals surface area contributed by atoms with Gasteiger partial charge in [-0.25, -0.2) is 0 Å². The Bertz CT molecular complexity index is 1200. The Morgan fingerprint density at radius 2 is 0.656 bits per heavy atom. The Labute approximate surface area is 375 Å². The van der Waals surface area contributed by atoms with E-state index in [0.717, 1.165) is 109 Å². The first-order chi connectivity index (χ1) is 30.0. The highest BCUT2D eigenvalue weighted by Gasteiger charge is 2.19. The second-order valence-corrected chi connectivity index (χ2v) is 16.3. The molecule has 0 N–H and O–H groups in total. The highest BCUT2D eigenvalue weighted by molar-refractivity contribution is 5.71. The van der Waals surface area contributed by atoms with E-state index < -0.39 is 6.10 Å². The minimum atomic E-state index is -0.802. The molecule has 1 unspecified atom stereocenters. The van der Waals surface area contributed by atoms with Crippen molar-refractivity contribution in [3.05, 3.63) is 85.1 Å². The number of hydrogen-bond donors (Lipinski definition) is 0. The van der Waals surface area contributed by atoms with Crippen LogP contribution in [0.4, 0.5) is 0 Å². The lowest BCUT2D eigenvalue weighted by atomic mass is 10.0. The molecule has 0 saturated carbocycles. The average Bonchev–Trinajstić information content (AvgIpc) is 3.26. The molecule has 61 heavy (non-hydrogen) atoms. The molecule has 0 aliphatic heterocycles. The van der Waals surface area contributed by atoms with Crippen molar-refractivity contribution < 1.29 is 28.6 Å². The van der Waals surface area contributed by atoms with Crippen molar-refractivity contribution in [3.63, 3.8) is 0 Å². The van der Waals surface area contributed by atoms with Crippen LogP contribution in [0.15, 0.2) is 85.1 Å². The number of carbonyl (C=O) groups excluding carboxylic acids is 3. The molecule has 348 valence electrons. The van der Waals surface area contributed by atoms with Crippen LogP contribution in [0.1, 0.15) is 226 Å². The molecule has 0 aromatic carbocycles. The number of allylic oxidation sites excluding steroid dienone is 14. The van der Waals surface area contributed by atoms with E-state index >= 15 is 0 Å². The highest BCUT2D eigenvalue weighted by Crippen LogP contribution is 2.15. The first kappa shape index (κ1) is 57.6. The molecule has 0 fully saturated rings. The Kier molecular flexibility index (Phi) is 46.5. The second-order valence-electron chi connectivity index (χ2n) is 16.3. The zero-order valence-electron chi connectivity index (χ0n) is 39.7. The van der Waals surface area contributed by atoms with Crippen molar-refractivity contribution in [2.45, 2.75) is 232 Å². The number of esters is 3. The maximum atomic E-state index is 12.8. The molecule has 0 saturated heterocycles. The Hall–Kier alpha value is -3.41. The van der Waals surface area contributed by atoms with Crippen molar-refractivity contribution in [1.82, 2.24) is 0 Å². The van der Waals surface area contributed by atoms with Gasteiger partial charge < -0.3 is 14.2 Å². The van der Waals surface area contributed by atoms with Crippen molar-refractivity contribution >= 4 is 17.9 Å². The van der Waals surface area contributed by atoms with E-state index in [-0.39, 0.29) is 37.5 Å². The molecule has 1 atom stereocenters. The molecule has 0 aromatic heterocycles. The summed E-state index contributed by atoms with van der Waals surface area (Å²) >= 11 is 0. The molecule has 0 aromatic rings. The van der Waals surface area contributed by atoms with Gasteiger partial charge in [0.25, 0.3) is 0 Å². The topological polar surface area (TPSA) is 78.9 Å². The van der Waals surface area contributed by atoms with Crippen LogP contribution >= 0.6 is 0 Å². The molecule has 0 aliphatic rings. The van der Waals surface area contributed by atoms with Gasteiger partial charge in [0.15, 0.2) is 6.10 Å². The van der Waals surface area contributed by atoms with Gasteiger partial charge in [-0.2, -0.15) is 0 Å².